The highest BCUT2D eigenvalue weighted by Crippen LogP contribution is 2.37. The zero-order valence-corrected chi connectivity index (χ0v) is 14.8. The number of rotatable bonds is 1. The van der Waals surface area contributed by atoms with Crippen LogP contribution in [0.3, 0.4) is 0 Å². The summed E-state index contributed by atoms with van der Waals surface area (Å²) in [6.07, 6.45) is -4.62. The van der Waals surface area contributed by atoms with Gasteiger partial charge in [-0.2, -0.15) is 13.2 Å². The molecule has 130 valence electrons. The Morgan fingerprint density at radius 3 is 2.32 bits per heavy atom. The van der Waals surface area contributed by atoms with Crippen LogP contribution in [0.25, 0.3) is 5.69 Å². The quantitative estimate of drug-likeness (QED) is 0.482. The van der Waals surface area contributed by atoms with Crippen molar-refractivity contribution in [3.8, 4) is 5.69 Å². The fourth-order valence-electron chi connectivity index (χ4n) is 2.45. The first kappa shape index (κ1) is 17.7. The molecule has 2 amide bonds. The number of nitrogens with two attached hydrogens (primary N) is 1. The van der Waals surface area contributed by atoms with E-state index in [1.54, 1.807) is 22.6 Å². The van der Waals surface area contributed by atoms with E-state index in [1.165, 1.54) is 0 Å². The lowest BCUT2D eigenvalue weighted by Gasteiger charge is -2.17. The number of aromatic nitrogens is 1. The normalized spacial score (nSPS) is 13.8. The first-order chi connectivity index (χ1) is 11.5. The molecule has 25 heavy (non-hydrogen) atoms. The molecule has 0 fully saturated rings. The Morgan fingerprint density at radius 2 is 1.76 bits per heavy atom. The molecule has 0 aliphatic carbocycles. The summed E-state index contributed by atoms with van der Waals surface area (Å²) in [7, 11) is 0. The zero-order chi connectivity index (χ0) is 18.7. The molecule has 0 saturated heterocycles. The number of fused-ring (bicyclic) bond motifs is 1. The van der Waals surface area contributed by atoms with Crippen LogP contribution in [0.1, 0.15) is 26.3 Å². The van der Waals surface area contributed by atoms with E-state index >= 15 is 0 Å². The molecule has 6 nitrogen and oxygen atoms in total. The average Bonchev–Trinajstić information content (AvgIpc) is 2.75. The number of benzene rings is 1. The number of nitrogens with zero attached hydrogens (tertiary/aromatic N) is 1. The Bertz CT molecular complexity index is 994. The Morgan fingerprint density at radius 1 is 1.12 bits per heavy atom. The van der Waals surface area contributed by atoms with Gasteiger partial charge in [-0.25, -0.2) is 0 Å². The third-order valence-electron chi connectivity index (χ3n) is 3.52. The molecule has 2 heterocycles. The molecular formula is C14H6ClF3IN3O3. The van der Waals surface area contributed by atoms with Gasteiger partial charge in [-0.1, -0.05) is 11.6 Å². The minimum absolute atomic E-state index is 0.00379. The van der Waals surface area contributed by atoms with Gasteiger partial charge >= 0.3 is 6.18 Å². The molecule has 3 N–H and O–H groups in total. The molecule has 0 unspecified atom stereocenters. The van der Waals surface area contributed by atoms with Crippen LogP contribution in [-0.2, 0) is 6.18 Å². The molecule has 0 radical (unpaired) electrons. The number of hydrogen-bond donors (Lipinski definition) is 2. The molecule has 3 rings (SSSR count). The van der Waals surface area contributed by atoms with Crippen LogP contribution >= 0.6 is 34.2 Å². The molecule has 2 aromatic rings. The van der Waals surface area contributed by atoms with Gasteiger partial charge in [0.1, 0.15) is 5.82 Å². The second kappa shape index (κ2) is 5.73. The lowest BCUT2D eigenvalue weighted by atomic mass is 10.1. The van der Waals surface area contributed by atoms with E-state index in [0.29, 0.717) is 6.07 Å². The van der Waals surface area contributed by atoms with Crippen LogP contribution in [0.15, 0.2) is 23.0 Å². The van der Waals surface area contributed by atoms with Crippen molar-refractivity contribution in [3.05, 3.63) is 53.8 Å². The number of pyridine rings is 1. The number of halogens is 5. The summed E-state index contributed by atoms with van der Waals surface area (Å²) in [5, 5.41) is 1.62. The SMILES string of the molecule is Nc1c2c(cc(=O)n1-c1c(Cl)cc(C(F)(F)F)cc1I)C(=O)NC2=O. The van der Waals surface area contributed by atoms with E-state index in [1.807, 2.05) is 5.32 Å². The summed E-state index contributed by atoms with van der Waals surface area (Å²) >= 11 is 7.53. The number of carbonyl (C=O) groups is 2. The number of nitrogen functional groups attached to an aromatic ring is 1. The highest BCUT2D eigenvalue weighted by atomic mass is 127. The molecule has 0 saturated carbocycles. The highest BCUT2D eigenvalue weighted by Gasteiger charge is 2.34. The van der Waals surface area contributed by atoms with Crippen molar-refractivity contribution in [2.24, 2.45) is 0 Å². The van der Waals surface area contributed by atoms with Crippen molar-refractivity contribution in [3.63, 3.8) is 0 Å². The first-order valence-electron chi connectivity index (χ1n) is 6.50. The third kappa shape index (κ3) is 2.78. The van der Waals surface area contributed by atoms with Crippen molar-refractivity contribution in [1.82, 2.24) is 9.88 Å². The number of anilines is 1. The van der Waals surface area contributed by atoms with Crippen molar-refractivity contribution < 1.29 is 22.8 Å². The van der Waals surface area contributed by atoms with Gasteiger partial charge in [-0.3, -0.25) is 24.3 Å². The minimum Gasteiger partial charge on any atom is -0.384 e. The maximum Gasteiger partial charge on any atom is 0.416 e. The number of alkyl halides is 3. The standard InChI is InChI=1S/C14H6ClF3IN3O3/c15-6-1-4(14(16,17)18)2-7(19)10(6)22-8(23)3-5-9(11(22)20)13(25)21-12(5)24/h1-3H,20H2,(H,21,24,25). The van der Waals surface area contributed by atoms with Crippen LogP contribution in [0, 0.1) is 3.57 Å². The second-order valence-corrected chi connectivity index (χ2v) is 6.63. The number of carbonyl (C=O) groups excluding carboxylic acids is 2. The minimum atomic E-state index is -4.62. The van der Waals surface area contributed by atoms with Crippen LogP contribution in [0.4, 0.5) is 19.0 Å². The van der Waals surface area contributed by atoms with Crippen LogP contribution < -0.4 is 16.6 Å². The van der Waals surface area contributed by atoms with E-state index in [0.717, 1.165) is 16.7 Å². The highest BCUT2D eigenvalue weighted by molar-refractivity contribution is 14.1. The summed E-state index contributed by atoms with van der Waals surface area (Å²) < 4.78 is 39.4. The number of imide groups is 1. The maximum absolute atomic E-state index is 12.9. The molecule has 0 bridgehead atoms. The van der Waals surface area contributed by atoms with E-state index < -0.39 is 29.1 Å². The van der Waals surface area contributed by atoms with Gasteiger partial charge in [0.15, 0.2) is 0 Å². The molecular weight excluding hydrogens is 478 g/mol. The lowest BCUT2D eigenvalue weighted by Crippen LogP contribution is -2.25. The topological polar surface area (TPSA) is 94.2 Å². The molecule has 0 atom stereocenters. The maximum atomic E-state index is 12.9. The summed E-state index contributed by atoms with van der Waals surface area (Å²) in [5.41, 5.74) is 3.53. The van der Waals surface area contributed by atoms with Gasteiger partial charge in [0.25, 0.3) is 17.4 Å². The summed E-state index contributed by atoms with van der Waals surface area (Å²) in [6.45, 7) is 0. The Hall–Kier alpha value is -2.08. The fourth-order valence-corrected chi connectivity index (χ4v) is 3.78. The fraction of sp³-hybridized carbons (Fsp3) is 0.0714. The zero-order valence-electron chi connectivity index (χ0n) is 11.9. The predicted molar refractivity (Wildman–Crippen MR) is 91.0 cm³/mol. The molecule has 0 spiro atoms. The van der Waals surface area contributed by atoms with Crippen molar-refractivity contribution in [1.29, 1.82) is 0 Å². The van der Waals surface area contributed by atoms with Gasteiger partial charge in [-0.15, -0.1) is 0 Å². The van der Waals surface area contributed by atoms with Gasteiger partial charge in [0.2, 0.25) is 0 Å². The Balaban J connectivity index is 2.33. The number of hydrogen-bond acceptors (Lipinski definition) is 4. The van der Waals surface area contributed by atoms with Gasteiger partial charge in [0.05, 0.1) is 27.4 Å². The first-order valence-corrected chi connectivity index (χ1v) is 7.96. The molecule has 11 heteroatoms. The third-order valence-corrected chi connectivity index (χ3v) is 4.63. The molecule has 1 aromatic carbocycles. The van der Waals surface area contributed by atoms with Crippen LogP contribution in [0.5, 0.6) is 0 Å². The monoisotopic (exact) mass is 483 g/mol. The van der Waals surface area contributed by atoms with Gasteiger partial charge in [0, 0.05) is 9.64 Å². The largest absolute Gasteiger partial charge is 0.416 e. The van der Waals surface area contributed by atoms with Gasteiger partial charge in [-0.05, 0) is 34.7 Å². The van der Waals surface area contributed by atoms with Crippen molar-refractivity contribution in [2.45, 2.75) is 6.18 Å². The number of amides is 2. The van der Waals surface area contributed by atoms with E-state index in [9.17, 15) is 27.6 Å². The van der Waals surface area contributed by atoms with E-state index in [-0.39, 0.29) is 31.2 Å². The van der Waals surface area contributed by atoms with E-state index in [4.69, 9.17) is 17.3 Å². The van der Waals surface area contributed by atoms with Crippen LogP contribution in [0.2, 0.25) is 5.02 Å². The lowest BCUT2D eigenvalue weighted by molar-refractivity contribution is -0.137. The van der Waals surface area contributed by atoms with Crippen LogP contribution in [-0.4, -0.2) is 16.4 Å². The molecule has 1 aliphatic rings. The summed E-state index contributed by atoms with van der Waals surface area (Å²) in [5.74, 6) is -1.96. The second-order valence-electron chi connectivity index (χ2n) is 5.06. The summed E-state index contributed by atoms with van der Waals surface area (Å²) in [4.78, 5) is 35.8. The predicted octanol–water partition coefficient (Wildman–Crippen LogP) is 2.58. The van der Waals surface area contributed by atoms with E-state index in [2.05, 4.69) is 0 Å². The smallest absolute Gasteiger partial charge is 0.384 e. The van der Waals surface area contributed by atoms with Gasteiger partial charge < -0.3 is 5.73 Å². The Kier molecular flexibility index (Phi) is 4.06. The van der Waals surface area contributed by atoms with Crippen molar-refractivity contribution in [2.75, 3.05) is 5.73 Å². The average molecular weight is 484 g/mol. The summed E-state index contributed by atoms with van der Waals surface area (Å²) in [6, 6.07) is 2.34. The molecule has 1 aliphatic heterocycles. The molecule has 1 aromatic heterocycles. The van der Waals surface area contributed by atoms with Crippen molar-refractivity contribution >= 4 is 51.8 Å². The Labute approximate surface area is 155 Å². The number of nitrogens with one attached hydrogen (secondary N) is 1.